The van der Waals surface area contributed by atoms with Crippen LogP contribution in [0.25, 0.3) is 0 Å². The lowest BCUT2D eigenvalue weighted by Crippen LogP contribution is -2.17. The van der Waals surface area contributed by atoms with E-state index in [0.717, 1.165) is 10.0 Å². The molecule has 5 heteroatoms. The molecule has 0 radical (unpaired) electrons. The summed E-state index contributed by atoms with van der Waals surface area (Å²) in [6, 6.07) is 16.0. The SMILES string of the molecule is CC(C(c1ccc(Cl)cc1)c1ccc(Cl)cc1)n1cncn1. The van der Waals surface area contributed by atoms with Crippen LogP contribution in [-0.4, -0.2) is 14.8 Å². The van der Waals surface area contributed by atoms with Crippen LogP contribution in [0.1, 0.15) is 30.0 Å². The maximum Gasteiger partial charge on any atom is 0.137 e. The second-order valence-corrected chi connectivity index (χ2v) is 6.07. The zero-order valence-electron chi connectivity index (χ0n) is 12.0. The Bertz CT molecular complexity index is 676. The van der Waals surface area contributed by atoms with Gasteiger partial charge in [-0.15, -0.1) is 0 Å². The van der Waals surface area contributed by atoms with E-state index in [1.54, 1.807) is 12.7 Å². The van der Waals surface area contributed by atoms with E-state index in [1.165, 1.54) is 11.1 Å². The van der Waals surface area contributed by atoms with Gasteiger partial charge in [0.1, 0.15) is 12.7 Å². The fourth-order valence-corrected chi connectivity index (χ4v) is 2.92. The Morgan fingerprint density at radius 2 is 1.36 bits per heavy atom. The van der Waals surface area contributed by atoms with Crippen molar-refractivity contribution < 1.29 is 0 Å². The van der Waals surface area contributed by atoms with E-state index >= 15 is 0 Å². The molecule has 3 nitrogen and oxygen atoms in total. The van der Waals surface area contributed by atoms with Gasteiger partial charge in [-0.05, 0) is 42.3 Å². The smallest absolute Gasteiger partial charge is 0.137 e. The summed E-state index contributed by atoms with van der Waals surface area (Å²) in [7, 11) is 0. The van der Waals surface area contributed by atoms with E-state index in [2.05, 4.69) is 41.3 Å². The van der Waals surface area contributed by atoms with E-state index in [0.29, 0.717) is 0 Å². The first-order chi connectivity index (χ1) is 10.6. The van der Waals surface area contributed by atoms with Gasteiger partial charge in [0.15, 0.2) is 0 Å². The van der Waals surface area contributed by atoms with E-state index < -0.39 is 0 Å². The number of aromatic nitrogens is 3. The molecule has 0 saturated heterocycles. The molecule has 0 aliphatic heterocycles. The molecule has 0 spiro atoms. The summed E-state index contributed by atoms with van der Waals surface area (Å²) in [6.07, 6.45) is 3.29. The van der Waals surface area contributed by atoms with E-state index in [9.17, 15) is 0 Å². The Labute approximate surface area is 139 Å². The molecule has 0 amide bonds. The van der Waals surface area contributed by atoms with Crippen molar-refractivity contribution in [3.8, 4) is 0 Å². The van der Waals surface area contributed by atoms with Crippen molar-refractivity contribution in [1.82, 2.24) is 14.8 Å². The van der Waals surface area contributed by atoms with Crippen molar-refractivity contribution in [3.63, 3.8) is 0 Å². The Morgan fingerprint density at radius 1 is 0.864 bits per heavy atom. The minimum Gasteiger partial charge on any atom is -0.249 e. The summed E-state index contributed by atoms with van der Waals surface area (Å²) in [4.78, 5) is 4.05. The topological polar surface area (TPSA) is 30.7 Å². The molecule has 3 aromatic rings. The van der Waals surface area contributed by atoms with Gasteiger partial charge >= 0.3 is 0 Å². The van der Waals surface area contributed by atoms with Crippen LogP contribution in [0.3, 0.4) is 0 Å². The molecular weight excluding hydrogens is 317 g/mol. The minimum absolute atomic E-state index is 0.116. The van der Waals surface area contributed by atoms with Gasteiger partial charge in [-0.25, -0.2) is 9.67 Å². The molecule has 112 valence electrons. The molecule has 0 aliphatic carbocycles. The summed E-state index contributed by atoms with van der Waals surface area (Å²) in [6.45, 7) is 2.13. The zero-order chi connectivity index (χ0) is 15.5. The van der Waals surface area contributed by atoms with Gasteiger partial charge in [0.05, 0.1) is 6.04 Å². The van der Waals surface area contributed by atoms with Gasteiger partial charge in [0.25, 0.3) is 0 Å². The Hall–Kier alpha value is -1.84. The van der Waals surface area contributed by atoms with Crippen LogP contribution >= 0.6 is 23.2 Å². The first-order valence-electron chi connectivity index (χ1n) is 7.00. The van der Waals surface area contributed by atoms with Crippen LogP contribution in [0.4, 0.5) is 0 Å². The number of nitrogens with zero attached hydrogens (tertiary/aromatic N) is 3. The molecular formula is C17H15Cl2N3. The predicted octanol–water partition coefficient (Wildman–Crippen LogP) is 4.98. The number of benzene rings is 2. The molecule has 1 heterocycles. The number of hydrogen-bond acceptors (Lipinski definition) is 2. The van der Waals surface area contributed by atoms with E-state index in [1.807, 2.05) is 28.9 Å². The van der Waals surface area contributed by atoms with Gasteiger partial charge in [0.2, 0.25) is 0 Å². The lowest BCUT2D eigenvalue weighted by Gasteiger charge is -2.25. The largest absolute Gasteiger partial charge is 0.249 e. The number of rotatable bonds is 4. The standard InChI is InChI=1S/C17H15Cl2N3/c1-12(22-11-20-10-21-22)17(13-2-6-15(18)7-3-13)14-4-8-16(19)9-5-14/h2-12,17H,1H3. The van der Waals surface area contributed by atoms with Crippen LogP contribution in [0.5, 0.6) is 0 Å². The maximum absolute atomic E-state index is 6.02. The lowest BCUT2D eigenvalue weighted by atomic mass is 9.86. The third-order valence-corrected chi connectivity index (χ3v) is 4.30. The number of halogens is 2. The van der Waals surface area contributed by atoms with E-state index in [-0.39, 0.29) is 12.0 Å². The van der Waals surface area contributed by atoms with Gasteiger partial charge < -0.3 is 0 Å². The zero-order valence-corrected chi connectivity index (χ0v) is 13.5. The van der Waals surface area contributed by atoms with Gasteiger partial charge in [-0.3, -0.25) is 0 Å². The Kier molecular flexibility index (Phi) is 4.46. The second kappa shape index (κ2) is 6.51. The highest BCUT2D eigenvalue weighted by molar-refractivity contribution is 6.30. The Morgan fingerprint density at radius 3 is 1.77 bits per heavy atom. The highest BCUT2D eigenvalue weighted by Gasteiger charge is 2.23. The normalized spacial score (nSPS) is 12.5. The first-order valence-corrected chi connectivity index (χ1v) is 7.76. The van der Waals surface area contributed by atoms with Crippen LogP contribution in [0, 0.1) is 0 Å². The van der Waals surface area contributed by atoms with Gasteiger partial charge in [-0.2, -0.15) is 5.10 Å². The summed E-state index contributed by atoms with van der Waals surface area (Å²) >= 11 is 12.0. The van der Waals surface area contributed by atoms with Gasteiger partial charge in [-0.1, -0.05) is 47.5 Å². The van der Waals surface area contributed by atoms with Gasteiger partial charge in [0, 0.05) is 16.0 Å². The molecule has 1 unspecified atom stereocenters. The molecule has 1 atom stereocenters. The van der Waals surface area contributed by atoms with Crippen molar-refractivity contribution in [1.29, 1.82) is 0 Å². The van der Waals surface area contributed by atoms with E-state index in [4.69, 9.17) is 23.2 Å². The molecule has 0 N–H and O–H groups in total. The van der Waals surface area contributed by atoms with Crippen LogP contribution in [0.2, 0.25) is 10.0 Å². The van der Waals surface area contributed by atoms with Crippen molar-refractivity contribution in [3.05, 3.63) is 82.4 Å². The summed E-state index contributed by atoms with van der Waals surface area (Å²) in [5.74, 6) is 0.135. The molecule has 0 fully saturated rings. The third-order valence-electron chi connectivity index (χ3n) is 3.79. The molecule has 22 heavy (non-hydrogen) atoms. The van der Waals surface area contributed by atoms with Crippen LogP contribution in [-0.2, 0) is 0 Å². The molecule has 3 rings (SSSR count). The fourth-order valence-electron chi connectivity index (χ4n) is 2.67. The molecule has 0 bridgehead atoms. The van der Waals surface area contributed by atoms with Crippen LogP contribution < -0.4 is 0 Å². The van der Waals surface area contributed by atoms with Crippen LogP contribution in [0.15, 0.2) is 61.2 Å². The molecule has 0 aliphatic rings. The van der Waals surface area contributed by atoms with Crippen molar-refractivity contribution >= 4 is 23.2 Å². The molecule has 1 aromatic heterocycles. The summed E-state index contributed by atoms with van der Waals surface area (Å²) in [5, 5.41) is 5.73. The highest BCUT2D eigenvalue weighted by Crippen LogP contribution is 2.35. The fraction of sp³-hybridized carbons (Fsp3) is 0.176. The third kappa shape index (κ3) is 3.16. The molecule has 0 saturated carbocycles. The maximum atomic E-state index is 6.02. The molecule has 2 aromatic carbocycles. The van der Waals surface area contributed by atoms with Crippen molar-refractivity contribution in [2.75, 3.05) is 0 Å². The minimum atomic E-state index is 0.116. The highest BCUT2D eigenvalue weighted by atomic mass is 35.5. The number of hydrogen-bond donors (Lipinski definition) is 0. The second-order valence-electron chi connectivity index (χ2n) is 5.20. The average molecular weight is 332 g/mol. The average Bonchev–Trinajstić information content (AvgIpc) is 3.05. The van der Waals surface area contributed by atoms with Crippen molar-refractivity contribution in [2.24, 2.45) is 0 Å². The predicted molar refractivity (Wildman–Crippen MR) is 89.5 cm³/mol. The lowest BCUT2D eigenvalue weighted by molar-refractivity contribution is 0.443. The summed E-state index contributed by atoms with van der Waals surface area (Å²) < 4.78 is 1.87. The monoisotopic (exact) mass is 331 g/mol. The first kappa shape index (κ1) is 15.1. The summed E-state index contributed by atoms with van der Waals surface area (Å²) in [5.41, 5.74) is 2.35. The van der Waals surface area contributed by atoms with Crippen molar-refractivity contribution in [2.45, 2.75) is 18.9 Å². The quantitative estimate of drug-likeness (QED) is 0.675. The Balaban J connectivity index is 2.05.